The largest absolute Gasteiger partial charge is 0.383 e. The molecule has 0 spiro atoms. The Morgan fingerprint density at radius 1 is 1.39 bits per heavy atom. The Morgan fingerprint density at radius 3 is 2.83 bits per heavy atom. The van der Waals surface area contributed by atoms with Gasteiger partial charge in [-0.3, -0.25) is 4.79 Å². The topological polar surface area (TPSA) is 66.6 Å². The summed E-state index contributed by atoms with van der Waals surface area (Å²) < 4.78 is 5.19. The van der Waals surface area contributed by atoms with Crippen molar-refractivity contribution in [1.82, 2.24) is 10.1 Å². The molecule has 1 unspecified atom stereocenters. The Bertz CT molecular complexity index is 681. The van der Waals surface area contributed by atoms with Gasteiger partial charge in [0.25, 0.3) is 5.91 Å². The third-order valence-electron chi connectivity index (χ3n) is 4.23. The van der Waals surface area contributed by atoms with Crippen LogP contribution in [0.4, 0.5) is 0 Å². The maximum atomic E-state index is 12.5. The third-order valence-corrected chi connectivity index (χ3v) is 4.23. The molecule has 2 aromatic rings. The van der Waals surface area contributed by atoms with E-state index in [1.54, 1.807) is 11.0 Å². The second-order valence-electron chi connectivity index (χ2n) is 6.65. The number of hydrogen-bond donors (Lipinski definition) is 1. The molecule has 0 saturated carbocycles. The molecule has 2 heterocycles. The van der Waals surface area contributed by atoms with E-state index in [2.05, 4.69) is 19.0 Å². The molecule has 1 fully saturated rings. The van der Waals surface area contributed by atoms with Gasteiger partial charge in [0.1, 0.15) is 5.60 Å². The van der Waals surface area contributed by atoms with Crippen molar-refractivity contribution in [1.29, 1.82) is 0 Å². The summed E-state index contributed by atoms with van der Waals surface area (Å²) in [6.45, 7) is 4.97. The Morgan fingerprint density at radius 2 is 2.13 bits per heavy atom. The van der Waals surface area contributed by atoms with Crippen LogP contribution >= 0.6 is 0 Å². The van der Waals surface area contributed by atoms with Crippen LogP contribution < -0.4 is 0 Å². The minimum atomic E-state index is -0.988. The highest BCUT2D eigenvalue weighted by molar-refractivity contribution is 5.91. The standard InChI is InChI=1S/C18H22N2O3/c1-13(2)10-15-11-16(23-19-15)17(21)20-9-8-18(22,12-20)14-6-4-3-5-7-14/h3-7,11,13,22H,8-10,12H2,1-2H3. The molecule has 122 valence electrons. The number of aromatic nitrogens is 1. The van der Waals surface area contributed by atoms with Crippen LogP contribution in [0.5, 0.6) is 0 Å². The van der Waals surface area contributed by atoms with Gasteiger partial charge >= 0.3 is 0 Å². The molecule has 0 bridgehead atoms. The third kappa shape index (κ3) is 3.29. The zero-order valence-electron chi connectivity index (χ0n) is 13.5. The average molecular weight is 314 g/mol. The number of carbonyl (C=O) groups is 1. The Balaban J connectivity index is 1.71. The van der Waals surface area contributed by atoms with E-state index in [4.69, 9.17) is 4.52 Å². The predicted octanol–water partition coefficient (Wildman–Crippen LogP) is 2.61. The summed E-state index contributed by atoms with van der Waals surface area (Å²) in [4.78, 5) is 14.2. The van der Waals surface area contributed by atoms with Crippen molar-refractivity contribution in [3.8, 4) is 0 Å². The number of likely N-dealkylation sites (tertiary alicyclic amines) is 1. The number of aliphatic hydroxyl groups is 1. The Hall–Kier alpha value is -2.14. The van der Waals surface area contributed by atoms with Gasteiger partial charge in [0.05, 0.1) is 12.2 Å². The van der Waals surface area contributed by atoms with Crippen molar-refractivity contribution in [2.75, 3.05) is 13.1 Å². The summed E-state index contributed by atoms with van der Waals surface area (Å²) in [6, 6.07) is 11.2. The van der Waals surface area contributed by atoms with Crippen LogP contribution in [0.25, 0.3) is 0 Å². The fourth-order valence-corrected chi connectivity index (χ4v) is 3.03. The van der Waals surface area contributed by atoms with Gasteiger partial charge in [0, 0.05) is 12.6 Å². The van der Waals surface area contributed by atoms with Crippen molar-refractivity contribution >= 4 is 5.91 Å². The van der Waals surface area contributed by atoms with Gasteiger partial charge in [-0.1, -0.05) is 49.3 Å². The highest BCUT2D eigenvalue weighted by Crippen LogP contribution is 2.32. The number of benzene rings is 1. The normalized spacial score (nSPS) is 21.1. The zero-order valence-corrected chi connectivity index (χ0v) is 13.5. The summed E-state index contributed by atoms with van der Waals surface area (Å²) in [5.74, 6) is 0.496. The second kappa shape index (κ2) is 6.16. The number of hydrogen-bond acceptors (Lipinski definition) is 4. The van der Waals surface area contributed by atoms with Gasteiger partial charge in [-0.25, -0.2) is 0 Å². The number of nitrogens with zero attached hydrogens (tertiary/aromatic N) is 2. The molecule has 1 atom stereocenters. The number of carbonyl (C=O) groups excluding carboxylic acids is 1. The molecule has 1 amide bonds. The molecule has 1 aromatic carbocycles. The summed E-state index contributed by atoms with van der Waals surface area (Å²) in [6.07, 6.45) is 1.31. The second-order valence-corrected chi connectivity index (χ2v) is 6.65. The number of rotatable bonds is 4. The van der Waals surface area contributed by atoms with E-state index in [9.17, 15) is 9.90 Å². The minimum absolute atomic E-state index is 0.209. The van der Waals surface area contributed by atoms with Crippen LogP contribution in [0.3, 0.4) is 0 Å². The summed E-state index contributed by atoms with van der Waals surface area (Å²) in [7, 11) is 0. The first-order chi connectivity index (χ1) is 11.0. The van der Waals surface area contributed by atoms with E-state index < -0.39 is 5.60 Å². The van der Waals surface area contributed by atoms with Crippen molar-refractivity contribution in [2.24, 2.45) is 5.92 Å². The van der Waals surface area contributed by atoms with Crippen LogP contribution in [0.1, 0.15) is 42.1 Å². The minimum Gasteiger partial charge on any atom is -0.383 e. The Labute approximate surface area is 135 Å². The van der Waals surface area contributed by atoms with Crippen LogP contribution in [-0.4, -0.2) is 34.2 Å². The van der Waals surface area contributed by atoms with Crippen LogP contribution in [0, 0.1) is 5.92 Å². The first kappa shape index (κ1) is 15.7. The predicted molar refractivity (Wildman–Crippen MR) is 85.9 cm³/mol. The van der Waals surface area contributed by atoms with Crippen molar-refractivity contribution in [2.45, 2.75) is 32.3 Å². The lowest BCUT2D eigenvalue weighted by molar-refractivity contribution is 0.0404. The lowest BCUT2D eigenvalue weighted by atomic mass is 9.93. The van der Waals surface area contributed by atoms with E-state index in [0.29, 0.717) is 18.9 Å². The van der Waals surface area contributed by atoms with E-state index in [-0.39, 0.29) is 18.2 Å². The molecule has 0 aliphatic carbocycles. The zero-order chi connectivity index (χ0) is 16.4. The lowest BCUT2D eigenvalue weighted by Gasteiger charge is -2.23. The number of amides is 1. The van der Waals surface area contributed by atoms with E-state index in [1.165, 1.54) is 0 Å². The van der Waals surface area contributed by atoms with Gasteiger partial charge in [-0.2, -0.15) is 0 Å². The van der Waals surface area contributed by atoms with Crippen LogP contribution in [0.2, 0.25) is 0 Å². The van der Waals surface area contributed by atoms with E-state index in [0.717, 1.165) is 17.7 Å². The molecule has 5 heteroatoms. The van der Waals surface area contributed by atoms with Gasteiger partial charge in [0.15, 0.2) is 0 Å². The van der Waals surface area contributed by atoms with Gasteiger partial charge < -0.3 is 14.5 Å². The molecular formula is C18H22N2O3. The van der Waals surface area contributed by atoms with Gasteiger partial charge in [-0.15, -0.1) is 0 Å². The molecule has 1 saturated heterocycles. The number of β-amino-alcohol motifs (C(OH)–C–C–N with tert-alkyl or cyclic N) is 1. The fourth-order valence-electron chi connectivity index (χ4n) is 3.03. The fraction of sp³-hybridized carbons (Fsp3) is 0.444. The van der Waals surface area contributed by atoms with Crippen LogP contribution in [-0.2, 0) is 12.0 Å². The van der Waals surface area contributed by atoms with Gasteiger partial charge in [-0.05, 0) is 24.3 Å². The molecular weight excluding hydrogens is 292 g/mol. The first-order valence-electron chi connectivity index (χ1n) is 8.01. The molecule has 23 heavy (non-hydrogen) atoms. The van der Waals surface area contributed by atoms with E-state index in [1.807, 2.05) is 30.3 Å². The molecule has 3 rings (SSSR count). The molecule has 1 aromatic heterocycles. The molecule has 1 aliphatic rings. The smallest absolute Gasteiger partial charge is 0.292 e. The SMILES string of the molecule is CC(C)Cc1cc(C(=O)N2CCC(O)(c3ccccc3)C2)on1. The quantitative estimate of drug-likeness (QED) is 0.942. The molecule has 1 aliphatic heterocycles. The highest BCUT2D eigenvalue weighted by Gasteiger charge is 2.40. The van der Waals surface area contributed by atoms with Crippen molar-refractivity contribution < 1.29 is 14.4 Å². The monoisotopic (exact) mass is 314 g/mol. The summed E-state index contributed by atoms with van der Waals surface area (Å²) in [5.41, 5.74) is 0.645. The maximum absolute atomic E-state index is 12.5. The summed E-state index contributed by atoms with van der Waals surface area (Å²) in [5, 5.41) is 14.8. The van der Waals surface area contributed by atoms with Crippen molar-refractivity contribution in [3.63, 3.8) is 0 Å². The summed E-state index contributed by atoms with van der Waals surface area (Å²) >= 11 is 0. The maximum Gasteiger partial charge on any atom is 0.292 e. The molecule has 1 N–H and O–H groups in total. The van der Waals surface area contributed by atoms with E-state index >= 15 is 0 Å². The van der Waals surface area contributed by atoms with Crippen molar-refractivity contribution in [3.05, 3.63) is 53.4 Å². The molecule has 0 radical (unpaired) electrons. The van der Waals surface area contributed by atoms with Gasteiger partial charge in [0.2, 0.25) is 5.76 Å². The first-order valence-corrected chi connectivity index (χ1v) is 8.01. The lowest BCUT2D eigenvalue weighted by Crippen LogP contribution is -2.34. The highest BCUT2D eigenvalue weighted by atomic mass is 16.5. The Kier molecular flexibility index (Phi) is 4.22. The molecule has 5 nitrogen and oxygen atoms in total. The van der Waals surface area contributed by atoms with Crippen LogP contribution in [0.15, 0.2) is 40.9 Å². The average Bonchev–Trinajstić information content (AvgIpc) is 3.15.